The number of guanidine groups is 1. The van der Waals surface area contributed by atoms with Gasteiger partial charge in [-0.25, -0.2) is 0 Å². The van der Waals surface area contributed by atoms with E-state index in [0.29, 0.717) is 11.2 Å². The lowest BCUT2D eigenvalue weighted by molar-refractivity contribution is 0.00530. The minimum absolute atomic E-state index is 0. The summed E-state index contributed by atoms with van der Waals surface area (Å²) in [6.45, 7) is 5.25. The number of halogens is 1. The van der Waals surface area contributed by atoms with Crippen molar-refractivity contribution in [2.45, 2.75) is 24.7 Å². The summed E-state index contributed by atoms with van der Waals surface area (Å²) in [6, 6.07) is 8.71. The van der Waals surface area contributed by atoms with E-state index in [-0.39, 0.29) is 30.1 Å². The topological polar surface area (TPSA) is 50.8 Å². The number of benzene rings is 1. The van der Waals surface area contributed by atoms with Crippen LogP contribution in [0.2, 0.25) is 0 Å². The summed E-state index contributed by atoms with van der Waals surface area (Å²) in [5, 5.41) is 0.437. The van der Waals surface area contributed by atoms with Crippen molar-refractivity contribution < 1.29 is 4.74 Å². The number of aryl methyl sites for hydroxylation is 1. The normalized spacial score (nSPS) is 25.3. The summed E-state index contributed by atoms with van der Waals surface area (Å²) in [7, 11) is 0. The van der Waals surface area contributed by atoms with Crippen LogP contribution in [0.25, 0.3) is 0 Å². The van der Waals surface area contributed by atoms with Crippen LogP contribution in [0, 0.1) is 0 Å². The second-order valence-corrected chi connectivity index (χ2v) is 6.95. The number of nitrogens with two attached hydrogens (primary N) is 1. The number of morpholine rings is 1. The van der Waals surface area contributed by atoms with Crippen molar-refractivity contribution >= 4 is 41.7 Å². The third-order valence-corrected chi connectivity index (χ3v) is 5.32. The Morgan fingerprint density at radius 1 is 1.45 bits per heavy atom. The van der Waals surface area contributed by atoms with Gasteiger partial charge in [0.05, 0.1) is 19.3 Å². The molecule has 2 unspecified atom stereocenters. The molecule has 2 heterocycles. The molecule has 2 aliphatic rings. The molecule has 0 spiro atoms. The van der Waals surface area contributed by atoms with Crippen LogP contribution in [0.15, 0.2) is 29.3 Å². The molecule has 1 aromatic rings. The molecule has 22 heavy (non-hydrogen) atoms. The van der Waals surface area contributed by atoms with Gasteiger partial charge in [0.15, 0.2) is 5.96 Å². The minimum atomic E-state index is 0. The fourth-order valence-electron chi connectivity index (χ4n) is 2.93. The Balaban J connectivity index is 0.00000176. The number of hydrogen-bond acceptors (Lipinski definition) is 3. The molecule has 122 valence electrons. The van der Waals surface area contributed by atoms with E-state index in [0.717, 1.165) is 32.7 Å². The zero-order chi connectivity index (χ0) is 14.7. The second kappa shape index (κ2) is 8.40. The van der Waals surface area contributed by atoms with Gasteiger partial charge in [-0.15, -0.1) is 24.0 Å². The average Bonchev–Trinajstić information content (AvgIpc) is 2.52. The van der Waals surface area contributed by atoms with E-state index in [1.165, 1.54) is 16.9 Å². The maximum Gasteiger partial charge on any atom is 0.191 e. The molecular formula is C16H24IN3OS. The van der Waals surface area contributed by atoms with Crippen LogP contribution in [0.3, 0.4) is 0 Å². The predicted octanol–water partition coefficient (Wildman–Crippen LogP) is 2.67. The number of aliphatic imine (C=N–C) groups is 1. The third kappa shape index (κ3) is 4.29. The van der Waals surface area contributed by atoms with E-state index < -0.39 is 0 Å². The molecule has 0 radical (unpaired) electrons. The zero-order valence-corrected chi connectivity index (χ0v) is 16.1. The van der Waals surface area contributed by atoms with Gasteiger partial charge < -0.3 is 15.4 Å². The lowest BCUT2D eigenvalue weighted by Crippen LogP contribution is -2.48. The molecule has 2 N–H and O–H groups in total. The number of ether oxygens (including phenoxy) is 1. The van der Waals surface area contributed by atoms with Crippen LogP contribution in [-0.4, -0.2) is 49.0 Å². The van der Waals surface area contributed by atoms with Crippen LogP contribution in [0.5, 0.6) is 0 Å². The van der Waals surface area contributed by atoms with E-state index in [2.05, 4.69) is 41.1 Å². The molecule has 1 saturated heterocycles. The molecule has 0 amide bonds. The monoisotopic (exact) mass is 433 g/mol. The first kappa shape index (κ1) is 17.9. The molecule has 0 aromatic heterocycles. The van der Waals surface area contributed by atoms with Gasteiger partial charge in [0.1, 0.15) is 0 Å². The van der Waals surface area contributed by atoms with Gasteiger partial charge in [0.2, 0.25) is 0 Å². The van der Waals surface area contributed by atoms with Gasteiger partial charge in [-0.2, -0.15) is 11.8 Å². The largest absolute Gasteiger partial charge is 0.375 e. The summed E-state index contributed by atoms with van der Waals surface area (Å²) in [5.74, 6) is 1.83. The van der Waals surface area contributed by atoms with Gasteiger partial charge >= 0.3 is 0 Å². The zero-order valence-electron chi connectivity index (χ0n) is 12.9. The number of thioether (sulfide) groups is 1. The lowest BCUT2D eigenvalue weighted by Gasteiger charge is -2.32. The van der Waals surface area contributed by atoms with Crippen molar-refractivity contribution in [1.82, 2.24) is 4.90 Å². The van der Waals surface area contributed by atoms with Crippen LogP contribution >= 0.6 is 35.7 Å². The van der Waals surface area contributed by atoms with Gasteiger partial charge in [-0.3, -0.25) is 4.99 Å². The van der Waals surface area contributed by atoms with Gasteiger partial charge in [0.25, 0.3) is 0 Å². The fraction of sp³-hybridized carbons (Fsp3) is 0.562. The van der Waals surface area contributed by atoms with Crippen molar-refractivity contribution in [3.63, 3.8) is 0 Å². The molecule has 0 saturated carbocycles. The Hall–Kier alpha value is -0.470. The Bertz CT molecular complexity index is 526. The average molecular weight is 433 g/mol. The predicted molar refractivity (Wildman–Crippen MR) is 104 cm³/mol. The van der Waals surface area contributed by atoms with Crippen LogP contribution < -0.4 is 5.73 Å². The molecule has 3 rings (SSSR count). The van der Waals surface area contributed by atoms with Crippen LogP contribution in [0.4, 0.5) is 0 Å². The molecule has 0 aliphatic carbocycles. The number of nitrogens with zero attached hydrogens (tertiary/aromatic N) is 2. The fourth-order valence-corrected chi connectivity index (χ4v) is 4.14. The summed E-state index contributed by atoms with van der Waals surface area (Å²) < 4.78 is 5.54. The summed E-state index contributed by atoms with van der Waals surface area (Å²) in [4.78, 5) is 6.78. The molecule has 2 atom stereocenters. The van der Waals surface area contributed by atoms with Crippen LogP contribution in [-0.2, 0) is 11.2 Å². The molecule has 2 aliphatic heterocycles. The highest BCUT2D eigenvalue weighted by Gasteiger charge is 2.21. The maximum atomic E-state index is 6.16. The number of fused-ring (bicyclic) bond motifs is 1. The summed E-state index contributed by atoms with van der Waals surface area (Å²) in [6.07, 6.45) is 1.40. The van der Waals surface area contributed by atoms with Crippen molar-refractivity contribution in [2.75, 3.05) is 32.0 Å². The van der Waals surface area contributed by atoms with Gasteiger partial charge in [-0.1, -0.05) is 24.3 Å². The van der Waals surface area contributed by atoms with Gasteiger partial charge in [-0.05, 0) is 30.2 Å². The molecule has 6 heteroatoms. The van der Waals surface area contributed by atoms with Crippen molar-refractivity contribution in [1.29, 1.82) is 0 Å². The summed E-state index contributed by atoms with van der Waals surface area (Å²) >= 11 is 1.99. The first-order valence-corrected chi connectivity index (χ1v) is 8.65. The number of hydrogen-bond donors (Lipinski definition) is 1. The first-order valence-electron chi connectivity index (χ1n) is 7.60. The first-order chi connectivity index (χ1) is 10.2. The number of rotatable bonds is 2. The van der Waals surface area contributed by atoms with Gasteiger partial charge in [0, 0.05) is 18.3 Å². The van der Waals surface area contributed by atoms with Crippen molar-refractivity contribution in [3.8, 4) is 0 Å². The smallest absolute Gasteiger partial charge is 0.191 e. The Morgan fingerprint density at radius 3 is 3.09 bits per heavy atom. The SMILES string of the molecule is CC1CN(C(N)=NCC2SCCc3ccccc32)CCO1.I. The molecule has 4 nitrogen and oxygen atoms in total. The van der Waals surface area contributed by atoms with Crippen molar-refractivity contribution in [3.05, 3.63) is 35.4 Å². The molecule has 1 fully saturated rings. The molecule has 0 bridgehead atoms. The Kier molecular flexibility index (Phi) is 6.83. The lowest BCUT2D eigenvalue weighted by atomic mass is 10.0. The quantitative estimate of drug-likeness (QED) is 0.443. The minimum Gasteiger partial charge on any atom is -0.375 e. The van der Waals surface area contributed by atoms with Crippen LogP contribution in [0.1, 0.15) is 23.3 Å². The molecular weight excluding hydrogens is 409 g/mol. The molecule has 1 aromatic carbocycles. The highest BCUT2D eigenvalue weighted by molar-refractivity contribution is 14.0. The Morgan fingerprint density at radius 2 is 2.27 bits per heavy atom. The summed E-state index contributed by atoms with van der Waals surface area (Å²) in [5.41, 5.74) is 9.06. The Labute approximate surface area is 153 Å². The highest BCUT2D eigenvalue weighted by Crippen LogP contribution is 2.36. The highest BCUT2D eigenvalue weighted by atomic mass is 127. The van der Waals surface area contributed by atoms with Crippen molar-refractivity contribution in [2.24, 2.45) is 10.7 Å². The maximum absolute atomic E-state index is 6.16. The van der Waals surface area contributed by atoms with E-state index >= 15 is 0 Å². The standard InChI is InChI=1S/C16H23N3OS.HI/c1-12-11-19(7-8-20-12)16(17)18-10-15-14-5-3-2-4-13(14)6-9-21-15;/h2-5,12,15H,6-11H2,1H3,(H2,17,18);1H. The van der Waals surface area contributed by atoms with E-state index in [4.69, 9.17) is 10.5 Å². The van der Waals surface area contributed by atoms with E-state index in [9.17, 15) is 0 Å². The second-order valence-electron chi connectivity index (χ2n) is 5.63. The van der Waals surface area contributed by atoms with E-state index in [1.54, 1.807) is 0 Å². The van der Waals surface area contributed by atoms with E-state index in [1.807, 2.05) is 11.8 Å². The third-order valence-electron chi connectivity index (χ3n) is 4.08.